The molecule has 1 fully saturated rings. The molecule has 0 spiro atoms. The number of ether oxygens (including phenoxy) is 1. The lowest BCUT2D eigenvalue weighted by Crippen LogP contribution is -2.44. The molecule has 1 amide bonds. The number of sulfonamides is 1. The first-order valence-electron chi connectivity index (χ1n) is 15.3. The molecule has 2 aliphatic rings. The molecule has 1 saturated heterocycles. The molecular weight excluding hydrogens is 671 g/mol. The van der Waals surface area contributed by atoms with Crippen molar-refractivity contribution in [3.05, 3.63) is 76.2 Å². The van der Waals surface area contributed by atoms with E-state index in [-0.39, 0.29) is 45.3 Å². The van der Waals surface area contributed by atoms with Crippen molar-refractivity contribution in [1.29, 1.82) is 0 Å². The minimum absolute atomic E-state index is 0.0574. The number of carbonyl (C=O) groups is 1. The molecule has 3 aromatic carbocycles. The predicted molar refractivity (Wildman–Crippen MR) is 175 cm³/mol. The van der Waals surface area contributed by atoms with Crippen molar-refractivity contribution in [2.45, 2.75) is 69.1 Å². The summed E-state index contributed by atoms with van der Waals surface area (Å²) >= 11 is 6.12. The van der Waals surface area contributed by atoms with Gasteiger partial charge in [-0.15, -0.1) is 0 Å². The molecule has 0 radical (unpaired) electrons. The van der Waals surface area contributed by atoms with Gasteiger partial charge in [-0.2, -0.15) is 0 Å². The standard InChI is InChI=1S/C33H33ClF3N5O5S/c1-33(2,3)47-32(44)42-10-8-19(9-11-42)39-31-38-16-17-12-22(24(36)15-26(17)40-31)29-23(35)5-6-25(30(29)37)41-48(45,46)28-14-18(34)13-21-20(28)4-7-27(21)43/h5-6,12-16,19,27,41,43H,4,7-11H2,1-3H3,(H,38,39,40)/t27-/m1/s1. The summed E-state index contributed by atoms with van der Waals surface area (Å²) in [4.78, 5) is 22.4. The summed E-state index contributed by atoms with van der Waals surface area (Å²) in [6.07, 6.45) is 1.89. The number of hydrogen-bond acceptors (Lipinski definition) is 8. The Morgan fingerprint density at radius 1 is 1.06 bits per heavy atom. The zero-order valence-electron chi connectivity index (χ0n) is 26.3. The number of fused-ring (bicyclic) bond motifs is 2. The lowest BCUT2D eigenvalue weighted by atomic mass is 10.0. The maximum Gasteiger partial charge on any atom is 0.410 e. The average Bonchev–Trinajstić information content (AvgIpc) is 3.37. The van der Waals surface area contributed by atoms with Gasteiger partial charge < -0.3 is 20.1 Å². The second kappa shape index (κ2) is 12.7. The van der Waals surface area contributed by atoms with Gasteiger partial charge in [-0.1, -0.05) is 11.6 Å². The number of anilines is 2. The van der Waals surface area contributed by atoms with Crippen LogP contribution in [0.2, 0.25) is 5.02 Å². The molecule has 48 heavy (non-hydrogen) atoms. The molecule has 1 atom stereocenters. The number of amides is 1. The first-order chi connectivity index (χ1) is 22.6. The van der Waals surface area contributed by atoms with Gasteiger partial charge in [0.15, 0.2) is 5.82 Å². The van der Waals surface area contributed by atoms with Gasteiger partial charge in [-0.25, -0.2) is 36.4 Å². The van der Waals surface area contributed by atoms with Crippen LogP contribution in [0.15, 0.2) is 47.5 Å². The summed E-state index contributed by atoms with van der Waals surface area (Å²) in [5.41, 5.74) is -1.54. The number of hydrogen-bond donors (Lipinski definition) is 3. The summed E-state index contributed by atoms with van der Waals surface area (Å²) < 4.78 is 80.8. The second-order valence-corrected chi connectivity index (χ2v) is 15.0. The molecule has 254 valence electrons. The Morgan fingerprint density at radius 2 is 1.79 bits per heavy atom. The number of nitrogens with one attached hydrogen (secondary N) is 2. The van der Waals surface area contributed by atoms with E-state index < -0.39 is 56.0 Å². The Bertz CT molecular complexity index is 2030. The molecule has 1 aliphatic heterocycles. The van der Waals surface area contributed by atoms with E-state index in [9.17, 15) is 18.3 Å². The molecule has 1 aliphatic carbocycles. The van der Waals surface area contributed by atoms with Crippen molar-refractivity contribution < 1.29 is 36.2 Å². The molecule has 3 N–H and O–H groups in total. The van der Waals surface area contributed by atoms with Crippen LogP contribution in [0.4, 0.5) is 29.6 Å². The lowest BCUT2D eigenvalue weighted by Gasteiger charge is -2.33. The van der Waals surface area contributed by atoms with Crippen LogP contribution >= 0.6 is 11.6 Å². The van der Waals surface area contributed by atoms with E-state index in [0.717, 1.165) is 18.2 Å². The lowest BCUT2D eigenvalue weighted by molar-refractivity contribution is 0.0210. The second-order valence-electron chi connectivity index (χ2n) is 12.9. The first kappa shape index (κ1) is 33.7. The van der Waals surface area contributed by atoms with Crippen molar-refractivity contribution in [3.8, 4) is 11.1 Å². The summed E-state index contributed by atoms with van der Waals surface area (Å²) in [5, 5.41) is 13.8. The van der Waals surface area contributed by atoms with E-state index in [1.165, 1.54) is 24.4 Å². The number of aromatic nitrogens is 2. The molecule has 2 heterocycles. The van der Waals surface area contributed by atoms with Crippen molar-refractivity contribution in [2.75, 3.05) is 23.1 Å². The van der Waals surface area contributed by atoms with Crippen LogP contribution in [0.25, 0.3) is 22.0 Å². The minimum atomic E-state index is -4.45. The van der Waals surface area contributed by atoms with Gasteiger partial charge in [0.1, 0.15) is 17.2 Å². The summed E-state index contributed by atoms with van der Waals surface area (Å²) in [7, 11) is -4.45. The average molecular weight is 704 g/mol. The normalized spacial score (nSPS) is 17.0. The number of piperidine rings is 1. The third-order valence-corrected chi connectivity index (χ3v) is 9.93. The Balaban J connectivity index is 1.22. The molecule has 15 heteroatoms. The highest BCUT2D eigenvalue weighted by atomic mass is 35.5. The number of nitrogens with zero attached hydrogens (tertiary/aromatic N) is 3. The van der Waals surface area contributed by atoms with Crippen molar-refractivity contribution >= 4 is 50.3 Å². The van der Waals surface area contributed by atoms with E-state index in [1.54, 1.807) is 25.7 Å². The fourth-order valence-corrected chi connectivity index (χ4v) is 7.66. The van der Waals surface area contributed by atoms with Crippen LogP contribution in [0.5, 0.6) is 0 Å². The van der Waals surface area contributed by atoms with Gasteiger partial charge >= 0.3 is 6.09 Å². The van der Waals surface area contributed by atoms with Gasteiger partial charge in [0.25, 0.3) is 10.0 Å². The van der Waals surface area contributed by atoms with E-state index in [4.69, 9.17) is 16.3 Å². The maximum atomic E-state index is 15.9. The number of benzene rings is 3. The predicted octanol–water partition coefficient (Wildman–Crippen LogP) is 6.96. The largest absolute Gasteiger partial charge is 0.444 e. The van der Waals surface area contributed by atoms with Crippen LogP contribution in [-0.4, -0.2) is 59.2 Å². The number of carbonyl (C=O) groups excluding carboxylic acids is 1. The van der Waals surface area contributed by atoms with Crippen molar-refractivity contribution in [2.24, 2.45) is 0 Å². The molecule has 10 nitrogen and oxygen atoms in total. The number of aliphatic hydroxyl groups excluding tert-OH is 1. The summed E-state index contributed by atoms with van der Waals surface area (Å²) in [6.45, 7) is 6.35. The van der Waals surface area contributed by atoms with E-state index in [0.29, 0.717) is 43.5 Å². The van der Waals surface area contributed by atoms with Crippen LogP contribution in [0.1, 0.15) is 57.3 Å². The first-order valence-corrected chi connectivity index (χ1v) is 17.2. The Hall–Kier alpha value is -4.14. The Morgan fingerprint density at radius 3 is 2.50 bits per heavy atom. The quantitative estimate of drug-likeness (QED) is 0.196. The monoisotopic (exact) mass is 703 g/mol. The van der Waals surface area contributed by atoms with Gasteiger partial charge in [0, 0.05) is 47.4 Å². The maximum absolute atomic E-state index is 15.9. The van der Waals surface area contributed by atoms with Gasteiger partial charge in [0.2, 0.25) is 5.95 Å². The summed E-state index contributed by atoms with van der Waals surface area (Å²) in [5.74, 6) is -3.21. The molecule has 0 saturated carbocycles. The van der Waals surface area contributed by atoms with Crippen LogP contribution in [0.3, 0.4) is 0 Å². The molecule has 6 rings (SSSR count). The number of likely N-dealkylation sites (tertiary alicyclic amines) is 1. The third-order valence-electron chi connectivity index (χ3n) is 8.28. The van der Waals surface area contributed by atoms with Crippen LogP contribution < -0.4 is 10.0 Å². The molecule has 4 aromatic rings. The smallest absolute Gasteiger partial charge is 0.410 e. The fourth-order valence-electron chi connectivity index (χ4n) is 5.98. The van der Waals surface area contributed by atoms with Crippen molar-refractivity contribution in [3.63, 3.8) is 0 Å². The third kappa shape index (κ3) is 6.87. The molecule has 0 unspecified atom stereocenters. The van der Waals surface area contributed by atoms with Gasteiger partial charge in [-0.3, -0.25) is 4.72 Å². The van der Waals surface area contributed by atoms with Gasteiger partial charge in [0.05, 0.1) is 27.8 Å². The van der Waals surface area contributed by atoms with E-state index in [1.807, 2.05) is 0 Å². The van der Waals surface area contributed by atoms with Gasteiger partial charge in [-0.05, 0) is 87.9 Å². The fraction of sp³-hybridized carbons (Fsp3) is 0.364. The molecular formula is C33H33ClF3N5O5S. The van der Waals surface area contributed by atoms with Crippen LogP contribution in [-0.2, 0) is 21.2 Å². The van der Waals surface area contributed by atoms with Crippen LogP contribution in [0, 0.1) is 17.5 Å². The highest BCUT2D eigenvalue weighted by Gasteiger charge is 2.31. The zero-order chi connectivity index (χ0) is 34.5. The Labute approximate surface area is 280 Å². The number of halogens is 4. The SMILES string of the molecule is CC(C)(C)OC(=O)N1CCC(Nc2ncc3cc(-c4c(F)ccc(NS(=O)(=O)c5cc(Cl)cc6c5CC[C@H]6O)c4F)c(F)cc3n2)CC1. The van der Waals surface area contributed by atoms with E-state index >= 15 is 13.2 Å². The number of rotatable bonds is 6. The highest BCUT2D eigenvalue weighted by molar-refractivity contribution is 7.92. The Kier molecular flexibility index (Phi) is 8.94. The number of aliphatic hydroxyl groups is 1. The van der Waals surface area contributed by atoms with Crippen molar-refractivity contribution in [1.82, 2.24) is 14.9 Å². The minimum Gasteiger partial charge on any atom is -0.444 e. The topological polar surface area (TPSA) is 134 Å². The molecule has 0 bridgehead atoms. The van der Waals surface area contributed by atoms with E-state index in [2.05, 4.69) is 20.0 Å². The zero-order valence-corrected chi connectivity index (χ0v) is 27.9. The highest BCUT2D eigenvalue weighted by Crippen LogP contribution is 2.39. The molecule has 1 aromatic heterocycles. The summed E-state index contributed by atoms with van der Waals surface area (Å²) in [6, 6.07) is 6.58.